The SMILES string of the molecule is COC(=O)C(CC(=O)C(Cc1ccccc1)NCCSC)Cc1ccccc1. The highest BCUT2D eigenvalue weighted by atomic mass is 32.2. The number of esters is 1. The minimum absolute atomic E-state index is 0.0521. The van der Waals surface area contributed by atoms with Crippen LogP contribution in [0.2, 0.25) is 0 Å². The second-order valence-electron chi connectivity index (χ2n) is 6.77. The predicted octanol–water partition coefficient (Wildman–Crippen LogP) is 3.54. The van der Waals surface area contributed by atoms with Crippen molar-refractivity contribution in [3.05, 3.63) is 71.8 Å². The molecule has 2 aromatic carbocycles. The number of thioether (sulfide) groups is 1. The third kappa shape index (κ3) is 7.49. The van der Waals surface area contributed by atoms with Crippen molar-refractivity contribution < 1.29 is 14.3 Å². The standard InChI is InChI=1S/C23H29NO3S/c1-27-23(26)20(15-18-9-5-3-6-10-18)17-22(25)21(24-13-14-28-2)16-19-11-7-4-8-12-19/h3-12,20-21,24H,13-17H2,1-2H3. The number of carbonyl (C=O) groups excluding carboxylic acids is 2. The monoisotopic (exact) mass is 399 g/mol. The first-order valence-corrected chi connectivity index (χ1v) is 10.9. The molecule has 0 aromatic heterocycles. The molecule has 0 heterocycles. The average molecular weight is 400 g/mol. The highest BCUT2D eigenvalue weighted by molar-refractivity contribution is 7.98. The smallest absolute Gasteiger partial charge is 0.309 e. The minimum Gasteiger partial charge on any atom is -0.469 e. The normalized spacial score (nSPS) is 12.9. The summed E-state index contributed by atoms with van der Waals surface area (Å²) >= 11 is 1.74. The first-order valence-electron chi connectivity index (χ1n) is 9.54. The first kappa shape index (κ1) is 22.2. The van der Waals surface area contributed by atoms with Gasteiger partial charge in [-0.05, 0) is 30.2 Å². The average Bonchev–Trinajstić information content (AvgIpc) is 2.73. The van der Waals surface area contributed by atoms with Gasteiger partial charge in [0, 0.05) is 18.7 Å². The van der Waals surface area contributed by atoms with Gasteiger partial charge in [0.2, 0.25) is 0 Å². The van der Waals surface area contributed by atoms with Crippen molar-refractivity contribution >= 4 is 23.5 Å². The molecule has 0 saturated carbocycles. The Morgan fingerprint density at radius 2 is 1.54 bits per heavy atom. The Labute approximate surface area is 172 Å². The highest BCUT2D eigenvalue weighted by Gasteiger charge is 2.27. The Morgan fingerprint density at radius 1 is 0.964 bits per heavy atom. The molecule has 0 aliphatic heterocycles. The molecule has 0 radical (unpaired) electrons. The van der Waals surface area contributed by atoms with Crippen LogP contribution in [0.5, 0.6) is 0 Å². The number of hydrogen-bond donors (Lipinski definition) is 1. The molecule has 0 aliphatic carbocycles. The van der Waals surface area contributed by atoms with Crippen LogP contribution in [0.15, 0.2) is 60.7 Å². The van der Waals surface area contributed by atoms with Crippen LogP contribution in [0.1, 0.15) is 17.5 Å². The second kappa shape index (κ2) is 12.4. The molecule has 2 unspecified atom stereocenters. The third-order valence-corrected chi connectivity index (χ3v) is 5.29. The molecule has 150 valence electrons. The quantitative estimate of drug-likeness (QED) is 0.437. The van der Waals surface area contributed by atoms with Gasteiger partial charge >= 0.3 is 5.97 Å². The van der Waals surface area contributed by atoms with Crippen LogP contribution in [0.4, 0.5) is 0 Å². The van der Waals surface area contributed by atoms with Crippen molar-refractivity contribution in [2.75, 3.05) is 25.7 Å². The third-order valence-electron chi connectivity index (χ3n) is 4.68. The Bertz CT molecular complexity index is 721. The summed E-state index contributed by atoms with van der Waals surface area (Å²) in [5.41, 5.74) is 2.14. The summed E-state index contributed by atoms with van der Waals surface area (Å²) in [6.07, 6.45) is 3.34. The number of benzene rings is 2. The Kier molecular flexibility index (Phi) is 9.80. The first-order chi connectivity index (χ1) is 13.6. The number of ether oxygens (including phenoxy) is 1. The number of carbonyl (C=O) groups is 2. The molecule has 0 aliphatic rings. The van der Waals surface area contributed by atoms with E-state index in [4.69, 9.17) is 4.74 Å². The Morgan fingerprint density at radius 3 is 2.07 bits per heavy atom. The van der Waals surface area contributed by atoms with E-state index in [1.54, 1.807) is 11.8 Å². The molecule has 2 atom stereocenters. The van der Waals surface area contributed by atoms with E-state index in [9.17, 15) is 9.59 Å². The topological polar surface area (TPSA) is 55.4 Å². The van der Waals surface area contributed by atoms with Crippen LogP contribution >= 0.6 is 11.8 Å². The molecule has 0 amide bonds. The molecule has 0 spiro atoms. The molecule has 4 nitrogen and oxygen atoms in total. The van der Waals surface area contributed by atoms with E-state index in [1.807, 2.05) is 66.9 Å². The Hall–Kier alpha value is -2.11. The van der Waals surface area contributed by atoms with E-state index in [0.29, 0.717) is 12.8 Å². The molecule has 2 aromatic rings. The highest BCUT2D eigenvalue weighted by Crippen LogP contribution is 2.17. The Balaban J connectivity index is 2.09. The van der Waals surface area contributed by atoms with Gasteiger partial charge in [0.1, 0.15) is 0 Å². The van der Waals surface area contributed by atoms with Gasteiger partial charge in [-0.3, -0.25) is 9.59 Å². The van der Waals surface area contributed by atoms with E-state index in [0.717, 1.165) is 23.4 Å². The predicted molar refractivity (Wildman–Crippen MR) is 116 cm³/mol. The summed E-state index contributed by atoms with van der Waals surface area (Å²) in [5.74, 6) is 0.180. The largest absolute Gasteiger partial charge is 0.469 e. The molecule has 1 N–H and O–H groups in total. The van der Waals surface area contributed by atoms with Crippen LogP contribution in [0, 0.1) is 5.92 Å². The van der Waals surface area contributed by atoms with Crippen molar-refractivity contribution in [1.82, 2.24) is 5.32 Å². The lowest BCUT2D eigenvalue weighted by Gasteiger charge is -2.21. The van der Waals surface area contributed by atoms with Crippen molar-refractivity contribution in [2.24, 2.45) is 5.92 Å². The van der Waals surface area contributed by atoms with Gasteiger partial charge in [-0.15, -0.1) is 0 Å². The maximum absolute atomic E-state index is 13.1. The van der Waals surface area contributed by atoms with Gasteiger partial charge in [0.25, 0.3) is 0 Å². The summed E-state index contributed by atoms with van der Waals surface area (Å²) in [5, 5.41) is 3.37. The van der Waals surface area contributed by atoms with Crippen molar-refractivity contribution in [2.45, 2.75) is 25.3 Å². The van der Waals surface area contributed by atoms with Crippen LogP contribution in [0.3, 0.4) is 0 Å². The molecule has 0 fully saturated rings. The summed E-state index contributed by atoms with van der Waals surface area (Å²) in [6.45, 7) is 0.756. The molecule has 28 heavy (non-hydrogen) atoms. The number of nitrogens with one attached hydrogen (secondary N) is 1. The van der Waals surface area contributed by atoms with Gasteiger partial charge in [0.15, 0.2) is 5.78 Å². The molecular formula is C23H29NO3S. The zero-order chi connectivity index (χ0) is 20.2. The van der Waals surface area contributed by atoms with Gasteiger partial charge < -0.3 is 10.1 Å². The summed E-state index contributed by atoms with van der Waals surface area (Å²) in [4.78, 5) is 25.4. The number of ketones is 1. The lowest BCUT2D eigenvalue weighted by atomic mass is 9.90. The van der Waals surface area contributed by atoms with E-state index >= 15 is 0 Å². The maximum Gasteiger partial charge on any atom is 0.309 e. The maximum atomic E-state index is 13.1. The lowest BCUT2D eigenvalue weighted by molar-refractivity contribution is -0.147. The van der Waals surface area contributed by atoms with E-state index in [1.165, 1.54) is 7.11 Å². The van der Waals surface area contributed by atoms with Crippen molar-refractivity contribution in [1.29, 1.82) is 0 Å². The van der Waals surface area contributed by atoms with E-state index in [2.05, 4.69) is 5.32 Å². The molecule has 0 saturated heterocycles. The zero-order valence-electron chi connectivity index (χ0n) is 16.6. The fourth-order valence-electron chi connectivity index (χ4n) is 3.17. The number of rotatable bonds is 12. The van der Waals surface area contributed by atoms with Crippen molar-refractivity contribution in [3.63, 3.8) is 0 Å². The number of hydrogen-bond acceptors (Lipinski definition) is 5. The summed E-state index contributed by atoms with van der Waals surface area (Å²) in [6, 6.07) is 19.4. The zero-order valence-corrected chi connectivity index (χ0v) is 17.4. The van der Waals surface area contributed by atoms with E-state index < -0.39 is 5.92 Å². The molecule has 2 rings (SSSR count). The number of methoxy groups -OCH3 is 1. The summed E-state index contributed by atoms with van der Waals surface area (Å²) in [7, 11) is 1.38. The molecular weight excluding hydrogens is 370 g/mol. The minimum atomic E-state index is -0.472. The van der Waals surface area contributed by atoms with Crippen LogP contribution in [-0.4, -0.2) is 43.5 Å². The van der Waals surface area contributed by atoms with Crippen LogP contribution in [0.25, 0.3) is 0 Å². The molecule has 0 bridgehead atoms. The lowest BCUT2D eigenvalue weighted by Crippen LogP contribution is -2.41. The van der Waals surface area contributed by atoms with Gasteiger partial charge in [0.05, 0.1) is 19.1 Å². The molecule has 5 heteroatoms. The number of Topliss-reactive ketones (excluding diaryl/α,β-unsaturated/α-hetero) is 1. The van der Waals surface area contributed by atoms with Gasteiger partial charge in [-0.25, -0.2) is 0 Å². The second-order valence-corrected chi connectivity index (χ2v) is 7.76. The van der Waals surface area contributed by atoms with Crippen LogP contribution in [-0.2, 0) is 27.2 Å². The van der Waals surface area contributed by atoms with Crippen molar-refractivity contribution in [3.8, 4) is 0 Å². The fourth-order valence-corrected chi connectivity index (χ4v) is 3.50. The fraction of sp³-hybridized carbons (Fsp3) is 0.391. The summed E-state index contributed by atoms with van der Waals surface area (Å²) < 4.78 is 4.97. The van der Waals surface area contributed by atoms with E-state index in [-0.39, 0.29) is 24.2 Å². The van der Waals surface area contributed by atoms with Gasteiger partial charge in [-0.2, -0.15) is 11.8 Å². The van der Waals surface area contributed by atoms with Gasteiger partial charge in [-0.1, -0.05) is 60.7 Å². The van der Waals surface area contributed by atoms with Crippen LogP contribution < -0.4 is 5.32 Å².